The van der Waals surface area contributed by atoms with E-state index in [1.165, 1.54) is 11.1 Å². The molecule has 0 aliphatic heterocycles. The summed E-state index contributed by atoms with van der Waals surface area (Å²) in [5.41, 5.74) is 9.65. The Bertz CT molecular complexity index is 390. The van der Waals surface area contributed by atoms with Crippen LogP contribution in [0.25, 0.3) is 0 Å². The summed E-state index contributed by atoms with van der Waals surface area (Å²) in [7, 11) is 1.91. The molecule has 0 radical (unpaired) electrons. The predicted molar refractivity (Wildman–Crippen MR) is 58.3 cm³/mol. The molecule has 1 unspecified atom stereocenters. The Hall–Kier alpha value is -1.13. The molecule has 0 saturated carbocycles. The van der Waals surface area contributed by atoms with Crippen LogP contribution in [0.2, 0.25) is 0 Å². The van der Waals surface area contributed by atoms with Crippen molar-refractivity contribution in [1.29, 1.82) is 0 Å². The average Bonchev–Trinajstić information content (AvgIpc) is 2.73. The first-order valence-electron chi connectivity index (χ1n) is 4.46. The molecule has 0 aliphatic rings. The van der Waals surface area contributed by atoms with Crippen molar-refractivity contribution < 1.29 is 0 Å². The van der Waals surface area contributed by atoms with Crippen LogP contribution in [0.15, 0.2) is 23.0 Å². The first-order valence-corrected chi connectivity index (χ1v) is 5.40. The van der Waals surface area contributed by atoms with Crippen LogP contribution >= 0.6 is 11.3 Å². The van der Waals surface area contributed by atoms with Crippen LogP contribution in [0.1, 0.15) is 22.9 Å². The first kappa shape index (κ1) is 9.43. The zero-order valence-corrected chi connectivity index (χ0v) is 9.08. The van der Waals surface area contributed by atoms with E-state index >= 15 is 0 Å². The summed E-state index contributed by atoms with van der Waals surface area (Å²) >= 11 is 1.69. The SMILES string of the molecule is Cc1cscc1C(N)c1ccnn1C. The number of hydrogen-bond acceptors (Lipinski definition) is 3. The van der Waals surface area contributed by atoms with Gasteiger partial charge in [-0.15, -0.1) is 0 Å². The Kier molecular flexibility index (Phi) is 2.39. The standard InChI is InChI=1S/C10H13N3S/c1-7-5-14-6-8(7)10(11)9-3-4-12-13(9)2/h3-6,10H,11H2,1-2H3. The lowest BCUT2D eigenvalue weighted by Crippen LogP contribution is -2.16. The zero-order valence-electron chi connectivity index (χ0n) is 8.27. The van der Waals surface area contributed by atoms with Gasteiger partial charge in [0.05, 0.1) is 11.7 Å². The molecule has 2 aromatic heterocycles. The predicted octanol–water partition coefficient (Wildman–Crippen LogP) is 1.84. The molecule has 2 heterocycles. The number of nitrogens with zero attached hydrogens (tertiary/aromatic N) is 2. The molecule has 0 aliphatic carbocycles. The van der Waals surface area contributed by atoms with Crippen molar-refractivity contribution in [3.63, 3.8) is 0 Å². The van der Waals surface area contributed by atoms with Crippen molar-refractivity contribution in [1.82, 2.24) is 9.78 Å². The summed E-state index contributed by atoms with van der Waals surface area (Å²) in [6, 6.07) is 1.90. The molecular weight excluding hydrogens is 194 g/mol. The maximum Gasteiger partial charge on any atom is 0.0733 e. The second-order valence-electron chi connectivity index (χ2n) is 3.37. The lowest BCUT2D eigenvalue weighted by atomic mass is 10.0. The zero-order chi connectivity index (χ0) is 10.1. The maximum absolute atomic E-state index is 6.15. The number of aromatic nitrogens is 2. The third kappa shape index (κ3) is 1.47. The lowest BCUT2D eigenvalue weighted by Gasteiger charge is -2.11. The van der Waals surface area contributed by atoms with Crippen LogP contribution in [0, 0.1) is 6.92 Å². The topological polar surface area (TPSA) is 43.8 Å². The Morgan fingerprint density at radius 1 is 1.50 bits per heavy atom. The molecule has 0 aromatic carbocycles. The molecule has 74 valence electrons. The second-order valence-corrected chi connectivity index (χ2v) is 4.11. The number of aryl methyl sites for hydroxylation is 2. The van der Waals surface area contributed by atoms with Gasteiger partial charge in [0.1, 0.15) is 0 Å². The summed E-state index contributed by atoms with van der Waals surface area (Å²) in [4.78, 5) is 0. The highest BCUT2D eigenvalue weighted by molar-refractivity contribution is 7.08. The average molecular weight is 207 g/mol. The number of thiophene rings is 1. The van der Waals surface area contributed by atoms with Crippen LogP contribution < -0.4 is 5.73 Å². The molecular formula is C10H13N3S. The van der Waals surface area contributed by atoms with E-state index in [9.17, 15) is 0 Å². The van der Waals surface area contributed by atoms with Gasteiger partial charge in [-0.1, -0.05) is 0 Å². The third-order valence-electron chi connectivity index (χ3n) is 2.41. The number of hydrogen-bond donors (Lipinski definition) is 1. The van der Waals surface area contributed by atoms with E-state index in [-0.39, 0.29) is 6.04 Å². The van der Waals surface area contributed by atoms with Crippen LogP contribution in [0.3, 0.4) is 0 Å². The summed E-state index contributed by atoms with van der Waals surface area (Å²) < 4.78 is 1.82. The van der Waals surface area contributed by atoms with Gasteiger partial charge < -0.3 is 5.73 Å². The highest BCUT2D eigenvalue weighted by Crippen LogP contribution is 2.24. The van der Waals surface area contributed by atoms with Crippen LogP contribution in [0.4, 0.5) is 0 Å². The van der Waals surface area contributed by atoms with Gasteiger partial charge in [0.2, 0.25) is 0 Å². The minimum atomic E-state index is -0.0613. The van der Waals surface area contributed by atoms with Gasteiger partial charge in [-0.25, -0.2) is 0 Å². The van der Waals surface area contributed by atoms with Crippen molar-refractivity contribution in [3.8, 4) is 0 Å². The molecule has 0 amide bonds. The Balaban J connectivity index is 2.38. The molecule has 1 atom stereocenters. The van der Waals surface area contributed by atoms with Crippen LogP contribution in [-0.4, -0.2) is 9.78 Å². The number of rotatable bonds is 2. The Morgan fingerprint density at radius 2 is 2.29 bits per heavy atom. The highest BCUT2D eigenvalue weighted by atomic mass is 32.1. The minimum absolute atomic E-state index is 0.0613. The molecule has 4 heteroatoms. The van der Waals surface area contributed by atoms with Gasteiger partial charge in [0.25, 0.3) is 0 Å². The van der Waals surface area contributed by atoms with Crippen LogP contribution in [0.5, 0.6) is 0 Å². The first-order chi connectivity index (χ1) is 6.70. The van der Waals surface area contributed by atoms with E-state index in [4.69, 9.17) is 5.73 Å². The molecule has 14 heavy (non-hydrogen) atoms. The maximum atomic E-state index is 6.15. The molecule has 2 aromatic rings. The molecule has 2 rings (SSSR count). The lowest BCUT2D eigenvalue weighted by molar-refractivity contribution is 0.672. The molecule has 2 N–H and O–H groups in total. The summed E-state index contributed by atoms with van der Waals surface area (Å²) in [5, 5.41) is 8.34. The molecule has 0 spiro atoms. The van der Waals surface area contributed by atoms with E-state index in [0.717, 1.165) is 5.69 Å². The van der Waals surface area contributed by atoms with Gasteiger partial charge in [-0.05, 0) is 34.9 Å². The molecule has 0 saturated heterocycles. The van der Waals surface area contributed by atoms with Crippen molar-refractivity contribution in [2.24, 2.45) is 12.8 Å². The van der Waals surface area contributed by atoms with E-state index in [1.54, 1.807) is 17.5 Å². The van der Waals surface area contributed by atoms with Crippen molar-refractivity contribution >= 4 is 11.3 Å². The summed E-state index contributed by atoms with van der Waals surface area (Å²) in [6.45, 7) is 2.09. The molecule has 3 nitrogen and oxygen atoms in total. The monoisotopic (exact) mass is 207 g/mol. The van der Waals surface area contributed by atoms with E-state index < -0.39 is 0 Å². The fraction of sp³-hybridized carbons (Fsp3) is 0.300. The minimum Gasteiger partial charge on any atom is -0.319 e. The van der Waals surface area contributed by atoms with Crippen molar-refractivity contribution in [2.75, 3.05) is 0 Å². The van der Waals surface area contributed by atoms with E-state index in [1.807, 2.05) is 17.8 Å². The number of nitrogens with two attached hydrogens (primary N) is 1. The Labute approximate surface area is 87.2 Å². The fourth-order valence-corrected chi connectivity index (χ4v) is 2.42. The quantitative estimate of drug-likeness (QED) is 0.816. The van der Waals surface area contributed by atoms with Gasteiger partial charge in [-0.3, -0.25) is 4.68 Å². The molecule has 0 fully saturated rings. The largest absolute Gasteiger partial charge is 0.319 e. The Morgan fingerprint density at radius 3 is 2.79 bits per heavy atom. The fourth-order valence-electron chi connectivity index (χ4n) is 1.54. The van der Waals surface area contributed by atoms with E-state index in [2.05, 4.69) is 22.8 Å². The summed E-state index contributed by atoms with van der Waals surface area (Å²) in [6.07, 6.45) is 1.77. The van der Waals surface area contributed by atoms with Gasteiger partial charge >= 0.3 is 0 Å². The van der Waals surface area contributed by atoms with Crippen molar-refractivity contribution in [3.05, 3.63) is 39.8 Å². The van der Waals surface area contributed by atoms with Crippen LogP contribution in [-0.2, 0) is 7.05 Å². The van der Waals surface area contributed by atoms with Gasteiger partial charge in [-0.2, -0.15) is 16.4 Å². The normalized spacial score (nSPS) is 13.1. The van der Waals surface area contributed by atoms with Gasteiger partial charge in [0.15, 0.2) is 0 Å². The smallest absolute Gasteiger partial charge is 0.0733 e. The van der Waals surface area contributed by atoms with Gasteiger partial charge in [0, 0.05) is 13.2 Å². The summed E-state index contributed by atoms with van der Waals surface area (Å²) in [5.74, 6) is 0. The third-order valence-corrected chi connectivity index (χ3v) is 3.29. The van der Waals surface area contributed by atoms with Crippen molar-refractivity contribution in [2.45, 2.75) is 13.0 Å². The second kappa shape index (κ2) is 3.55. The highest BCUT2D eigenvalue weighted by Gasteiger charge is 2.14. The van der Waals surface area contributed by atoms with E-state index in [0.29, 0.717) is 0 Å². The molecule has 0 bridgehead atoms.